The van der Waals surface area contributed by atoms with Crippen LogP contribution in [0, 0.1) is 0 Å². The van der Waals surface area contributed by atoms with E-state index < -0.39 is 17.7 Å². The number of carbonyl (C=O) groups is 2. The molecular formula is C23H21BrClNO5. The van der Waals surface area contributed by atoms with E-state index in [-0.39, 0.29) is 24.0 Å². The van der Waals surface area contributed by atoms with E-state index in [9.17, 15) is 14.7 Å². The molecule has 8 heteroatoms. The van der Waals surface area contributed by atoms with Gasteiger partial charge in [0.2, 0.25) is 0 Å². The number of Topliss-reactive ketones (excluding diaryl/α,β-unsaturated/α-hetero) is 1. The minimum atomic E-state index is -0.734. The van der Waals surface area contributed by atoms with E-state index >= 15 is 0 Å². The van der Waals surface area contributed by atoms with Crippen LogP contribution in [0.5, 0.6) is 5.75 Å². The number of benzene rings is 2. The van der Waals surface area contributed by atoms with E-state index in [1.54, 1.807) is 42.5 Å². The second-order valence-electron chi connectivity index (χ2n) is 7.49. The summed E-state index contributed by atoms with van der Waals surface area (Å²) in [6, 6.07) is 11.2. The molecule has 2 aromatic carbocycles. The number of nitrogens with zero attached hydrogens (tertiary/aromatic N) is 1. The molecule has 2 heterocycles. The zero-order valence-electron chi connectivity index (χ0n) is 16.8. The molecule has 1 amide bonds. The lowest BCUT2D eigenvalue weighted by molar-refractivity contribution is -0.140. The number of rotatable bonds is 5. The average Bonchev–Trinajstić information content (AvgIpc) is 3.36. The maximum Gasteiger partial charge on any atom is 0.295 e. The van der Waals surface area contributed by atoms with Gasteiger partial charge in [-0.25, -0.2) is 0 Å². The van der Waals surface area contributed by atoms with Gasteiger partial charge >= 0.3 is 0 Å². The maximum absolute atomic E-state index is 13.1. The average molecular weight is 507 g/mol. The minimum Gasteiger partial charge on any atom is -0.507 e. The predicted octanol–water partition coefficient (Wildman–Crippen LogP) is 4.71. The number of amides is 1. The minimum absolute atomic E-state index is 0.0439. The van der Waals surface area contributed by atoms with Crippen LogP contribution in [0.3, 0.4) is 0 Å². The summed E-state index contributed by atoms with van der Waals surface area (Å²) in [5.74, 6) is -1.02. The smallest absolute Gasteiger partial charge is 0.295 e. The third-order valence-corrected chi connectivity index (χ3v) is 6.45. The summed E-state index contributed by atoms with van der Waals surface area (Å²) in [5.41, 5.74) is 1.14. The number of hydrogen-bond acceptors (Lipinski definition) is 5. The van der Waals surface area contributed by atoms with Crippen LogP contribution in [0.1, 0.15) is 30.0 Å². The summed E-state index contributed by atoms with van der Waals surface area (Å²) in [6.45, 7) is 0.918. The SMILES string of the molecule is COc1ccc(/C(O)=C2/C(=O)C(=O)N(CC3CCCO3)C2c2ccc(Cl)cc2)cc1Br. The monoisotopic (exact) mass is 505 g/mol. The van der Waals surface area contributed by atoms with E-state index in [2.05, 4.69) is 15.9 Å². The number of likely N-dealkylation sites (tertiary alicyclic amines) is 1. The molecule has 0 bridgehead atoms. The van der Waals surface area contributed by atoms with Crippen molar-refractivity contribution in [3.8, 4) is 5.75 Å². The Kier molecular flexibility index (Phi) is 6.36. The lowest BCUT2D eigenvalue weighted by Crippen LogP contribution is -2.36. The molecule has 0 aromatic heterocycles. The van der Waals surface area contributed by atoms with Crippen LogP contribution >= 0.6 is 27.5 Å². The van der Waals surface area contributed by atoms with E-state index in [0.29, 0.717) is 33.0 Å². The van der Waals surface area contributed by atoms with Gasteiger partial charge in [-0.15, -0.1) is 0 Å². The molecule has 31 heavy (non-hydrogen) atoms. The number of hydrogen-bond donors (Lipinski definition) is 1. The van der Waals surface area contributed by atoms with E-state index in [1.807, 2.05) is 0 Å². The summed E-state index contributed by atoms with van der Waals surface area (Å²) in [6.07, 6.45) is 1.60. The second kappa shape index (κ2) is 9.02. The van der Waals surface area contributed by atoms with Crippen LogP contribution < -0.4 is 4.74 Å². The van der Waals surface area contributed by atoms with Gasteiger partial charge in [0.15, 0.2) is 0 Å². The fourth-order valence-corrected chi connectivity index (χ4v) is 4.70. The Hall–Kier alpha value is -2.35. The molecular weight excluding hydrogens is 486 g/mol. The van der Waals surface area contributed by atoms with Crippen LogP contribution in [0.4, 0.5) is 0 Å². The highest BCUT2D eigenvalue weighted by Crippen LogP contribution is 2.41. The third kappa shape index (κ3) is 4.22. The zero-order valence-corrected chi connectivity index (χ0v) is 19.1. The Morgan fingerprint density at radius 1 is 1.26 bits per heavy atom. The standard InChI is InChI=1S/C23H21BrClNO5/c1-30-18-9-6-14(11-17(18)24)21(27)19-20(13-4-7-15(25)8-5-13)26(23(29)22(19)28)12-16-3-2-10-31-16/h4-9,11,16,20,27H,2-3,10,12H2,1H3/b21-19-. The quantitative estimate of drug-likeness (QED) is 0.361. The molecule has 162 valence electrons. The molecule has 0 aliphatic carbocycles. The summed E-state index contributed by atoms with van der Waals surface area (Å²) in [7, 11) is 1.54. The highest BCUT2D eigenvalue weighted by molar-refractivity contribution is 9.10. The van der Waals surface area contributed by atoms with Crippen molar-refractivity contribution in [3.05, 3.63) is 68.7 Å². The summed E-state index contributed by atoms with van der Waals surface area (Å²) in [4.78, 5) is 27.5. The van der Waals surface area contributed by atoms with Gasteiger partial charge in [0, 0.05) is 23.7 Å². The molecule has 0 spiro atoms. The highest BCUT2D eigenvalue weighted by atomic mass is 79.9. The first-order valence-electron chi connectivity index (χ1n) is 9.90. The fraction of sp³-hybridized carbons (Fsp3) is 0.304. The Bertz CT molecular complexity index is 1050. The van der Waals surface area contributed by atoms with Gasteiger partial charge in [-0.3, -0.25) is 9.59 Å². The first kappa shape index (κ1) is 21.9. The van der Waals surface area contributed by atoms with Gasteiger partial charge in [0.25, 0.3) is 11.7 Å². The molecule has 2 saturated heterocycles. The molecule has 0 saturated carbocycles. The van der Waals surface area contributed by atoms with Crippen molar-refractivity contribution in [1.29, 1.82) is 0 Å². The van der Waals surface area contributed by atoms with Crippen LogP contribution in [0.2, 0.25) is 5.02 Å². The van der Waals surface area contributed by atoms with Crippen molar-refractivity contribution in [2.24, 2.45) is 0 Å². The van der Waals surface area contributed by atoms with Crippen molar-refractivity contribution >= 4 is 45.0 Å². The number of aliphatic hydroxyl groups is 1. The third-order valence-electron chi connectivity index (χ3n) is 5.58. The molecule has 2 aliphatic heterocycles. The molecule has 1 N–H and O–H groups in total. The van der Waals surface area contributed by atoms with Crippen molar-refractivity contribution in [1.82, 2.24) is 4.90 Å². The Morgan fingerprint density at radius 2 is 2.00 bits per heavy atom. The summed E-state index contributed by atoms with van der Waals surface area (Å²) in [5, 5.41) is 11.7. The predicted molar refractivity (Wildman–Crippen MR) is 120 cm³/mol. The van der Waals surface area contributed by atoms with Gasteiger partial charge in [-0.2, -0.15) is 0 Å². The van der Waals surface area contributed by atoms with Crippen LogP contribution in [-0.2, 0) is 14.3 Å². The van der Waals surface area contributed by atoms with Gasteiger partial charge in [0.05, 0.1) is 29.3 Å². The number of methoxy groups -OCH3 is 1. The van der Waals surface area contributed by atoms with E-state index in [1.165, 1.54) is 12.0 Å². The summed E-state index contributed by atoms with van der Waals surface area (Å²) < 4.78 is 11.6. The van der Waals surface area contributed by atoms with Crippen LogP contribution in [0.25, 0.3) is 5.76 Å². The number of ether oxygens (including phenoxy) is 2. The first-order valence-corrected chi connectivity index (χ1v) is 11.1. The van der Waals surface area contributed by atoms with E-state index in [0.717, 1.165) is 12.8 Å². The lowest BCUT2D eigenvalue weighted by atomic mass is 9.95. The highest BCUT2D eigenvalue weighted by Gasteiger charge is 2.47. The zero-order chi connectivity index (χ0) is 22.1. The molecule has 2 aromatic rings. The molecule has 2 atom stereocenters. The lowest BCUT2D eigenvalue weighted by Gasteiger charge is -2.27. The molecule has 0 radical (unpaired) electrons. The van der Waals surface area contributed by atoms with Gasteiger partial charge in [-0.1, -0.05) is 23.7 Å². The van der Waals surface area contributed by atoms with E-state index in [4.69, 9.17) is 21.1 Å². The molecule has 4 rings (SSSR count). The molecule has 6 nitrogen and oxygen atoms in total. The van der Waals surface area contributed by atoms with Gasteiger partial charge < -0.3 is 19.5 Å². The number of aliphatic hydroxyl groups excluding tert-OH is 1. The van der Waals surface area contributed by atoms with Crippen LogP contribution in [-0.4, -0.2) is 48.1 Å². The molecule has 2 unspecified atom stereocenters. The van der Waals surface area contributed by atoms with Gasteiger partial charge in [0.1, 0.15) is 11.5 Å². The Balaban J connectivity index is 1.82. The molecule has 2 aliphatic rings. The Labute approximate surface area is 193 Å². The second-order valence-corrected chi connectivity index (χ2v) is 8.78. The Morgan fingerprint density at radius 3 is 2.61 bits per heavy atom. The fourth-order valence-electron chi connectivity index (χ4n) is 4.04. The largest absolute Gasteiger partial charge is 0.507 e. The maximum atomic E-state index is 13.1. The number of halogens is 2. The number of carbonyl (C=O) groups excluding carboxylic acids is 2. The van der Waals surface area contributed by atoms with Crippen LogP contribution in [0.15, 0.2) is 52.5 Å². The van der Waals surface area contributed by atoms with Crippen molar-refractivity contribution in [3.63, 3.8) is 0 Å². The topological polar surface area (TPSA) is 76.1 Å². The number of ketones is 1. The normalized spacial score (nSPS) is 22.9. The van der Waals surface area contributed by atoms with Crippen molar-refractivity contribution in [2.45, 2.75) is 25.0 Å². The van der Waals surface area contributed by atoms with Crippen molar-refractivity contribution in [2.75, 3.05) is 20.3 Å². The molecule has 2 fully saturated rings. The summed E-state index contributed by atoms with van der Waals surface area (Å²) >= 11 is 9.44. The first-order chi connectivity index (χ1) is 14.9. The van der Waals surface area contributed by atoms with Gasteiger partial charge in [-0.05, 0) is 64.7 Å². The van der Waals surface area contributed by atoms with Crippen molar-refractivity contribution < 1.29 is 24.2 Å².